The topological polar surface area (TPSA) is 21.3 Å². The Bertz CT molecular complexity index is 327. The van der Waals surface area contributed by atoms with E-state index in [1.807, 2.05) is 18.2 Å². The van der Waals surface area contributed by atoms with E-state index in [-0.39, 0.29) is 6.10 Å². The minimum Gasteiger partial charge on any atom is -0.486 e. The number of hydrogen-bond donors (Lipinski definition) is 1. The zero-order chi connectivity index (χ0) is 9.42. The van der Waals surface area contributed by atoms with Crippen LogP contribution in [0.15, 0.2) is 18.2 Å². The van der Waals surface area contributed by atoms with Gasteiger partial charge in [-0.05, 0) is 32.0 Å². The van der Waals surface area contributed by atoms with Crippen molar-refractivity contribution in [1.82, 2.24) is 0 Å². The molecule has 0 fully saturated rings. The first-order valence-electron chi connectivity index (χ1n) is 4.39. The Balaban J connectivity index is 2.37. The molecule has 2 nitrogen and oxygen atoms in total. The fourth-order valence-electron chi connectivity index (χ4n) is 1.38. The normalized spacial score (nSPS) is 25.8. The molecule has 2 atom stereocenters. The van der Waals surface area contributed by atoms with E-state index in [1.165, 1.54) is 0 Å². The Morgan fingerprint density at radius 1 is 1.38 bits per heavy atom. The molecule has 0 saturated carbocycles. The van der Waals surface area contributed by atoms with Gasteiger partial charge < -0.3 is 10.1 Å². The van der Waals surface area contributed by atoms with Gasteiger partial charge in [0.25, 0.3) is 0 Å². The Morgan fingerprint density at radius 3 is 2.92 bits per heavy atom. The van der Waals surface area contributed by atoms with Gasteiger partial charge in [0.15, 0.2) is 0 Å². The van der Waals surface area contributed by atoms with Crippen LogP contribution in [-0.4, -0.2) is 12.1 Å². The number of benzene rings is 1. The molecule has 0 saturated heterocycles. The molecule has 0 radical (unpaired) electrons. The largest absolute Gasteiger partial charge is 0.486 e. The molecule has 1 aliphatic rings. The molecule has 0 spiro atoms. The molecule has 3 heteroatoms. The summed E-state index contributed by atoms with van der Waals surface area (Å²) in [5.74, 6) is 0.884. The highest BCUT2D eigenvalue weighted by Crippen LogP contribution is 2.33. The van der Waals surface area contributed by atoms with Crippen molar-refractivity contribution in [3.05, 3.63) is 23.2 Å². The van der Waals surface area contributed by atoms with Crippen LogP contribution in [0.1, 0.15) is 13.8 Å². The van der Waals surface area contributed by atoms with Crippen LogP contribution in [0.2, 0.25) is 5.02 Å². The number of rotatable bonds is 0. The van der Waals surface area contributed by atoms with Gasteiger partial charge in [-0.25, -0.2) is 0 Å². The molecule has 1 N–H and O–H groups in total. The van der Waals surface area contributed by atoms with Gasteiger partial charge in [-0.3, -0.25) is 0 Å². The van der Waals surface area contributed by atoms with Gasteiger partial charge in [0.2, 0.25) is 0 Å². The highest BCUT2D eigenvalue weighted by Gasteiger charge is 2.21. The van der Waals surface area contributed by atoms with E-state index in [9.17, 15) is 0 Å². The Morgan fingerprint density at radius 2 is 2.15 bits per heavy atom. The van der Waals surface area contributed by atoms with Crippen LogP contribution in [0.5, 0.6) is 5.75 Å². The SMILES string of the molecule is CC1Nc2cc(Cl)ccc2OC1C. The first-order chi connectivity index (χ1) is 6.16. The smallest absolute Gasteiger partial charge is 0.143 e. The standard InChI is InChI=1S/C10H12ClNO/c1-6-7(2)13-10-4-3-8(11)5-9(10)12-6/h3-7,12H,1-2H3. The third-order valence-electron chi connectivity index (χ3n) is 2.34. The number of nitrogens with one attached hydrogen (secondary N) is 1. The van der Waals surface area contributed by atoms with Crippen molar-refractivity contribution < 1.29 is 4.74 Å². The average molecular weight is 198 g/mol. The van der Waals surface area contributed by atoms with Crippen LogP contribution >= 0.6 is 11.6 Å². The van der Waals surface area contributed by atoms with Crippen molar-refractivity contribution in [1.29, 1.82) is 0 Å². The van der Waals surface area contributed by atoms with E-state index in [4.69, 9.17) is 16.3 Å². The van der Waals surface area contributed by atoms with Crippen molar-refractivity contribution >= 4 is 17.3 Å². The quantitative estimate of drug-likeness (QED) is 0.691. The minimum absolute atomic E-state index is 0.202. The Kier molecular flexibility index (Phi) is 2.08. The number of halogens is 1. The second-order valence-electron chi connectivity index (χ2n) is 3.40. The van der Waals surface area contributed by atoms with Gasteiger partial charge in [-0.1, -0.05) is 11.6 Å². The molecular formula is C10H12ClNO. The van der Waals surface area contributed by atoms with E-state index in [1.54, 1.807) is 0 Å². The van der Waals surface area contributed by atoms with Crippen molar-refractivity contribution in [2.45, 2.75) is 26.0 Å². The van der Waals surface area contributed by atoms with Gasteiger partial charge >= 0.3 is 0 Å². The Labute approximate surface area is 82.9 Å². The third kappa shape index (κ3) is 1.59. The summed E-state index contributed by atoms with van der Waals surface area (Å²) in [4.78, 5) is 0. The molecule has 0 amide bonds. The zero-order valence-corrected chi connectivity index (χ0v) is 8.43. The third-order valence-corrected chi connectivity index (χ3v) is 2.58. The molecular weight excluding hydrogens is 186 g/mol. The predicted octanol–water partition coefficient (Wildman–Crippen LogP) is 2.92. The molecule has 1 aromatic rings. The van der Waals surface area contributed by atoms with Gasteiger partial charge in [-0.2, -0.15) is 0 Å². The summed E-state index contributed by atoms with van der Waals surface area (Å²) in [7, 11) is 0. The predicted molar refractivity (Wildman–Crippen MR) is 54.6 cm³/mol. The first kappa shape index (κ1) is 8.70. The van der Waals surface area contributed by atoms with Crippen molar-refractivity contribution in [3.63, 3.8) is 0 Å². The molecule has 13 heavy (non-hydrogen) atoms. The lowest BCUT2D eigenvalue weighted by molar-refractivity contribution is 0.194. The lowest BCUT2D eigenvalue weighted by Crippen LogP contribution is -2.36. The number of hydrogen-bond acceptors (Lipinski definition) is 2. The van der Waals surface area contributed by atoms with Crippen LogP contribution in [0, 0.1) is 0 Å². The number of anilines is 1. The van der Waals surface area contributed by atoms with Crippen LogP contribution < -0.4 is 10.1 Å². The monoisotopic (exact) mass is 197 g/mol. The average Bonchev–Trinajstić information content (AvgIpc) is 2.08. The summed E-state index contributed by atoms with van der Waals surface area (Å²) in [6.45, 7) is 4.14. The van der Waals surface area contributed by atoms with E-state index >= 15 is 0 Å². The van der Waals surface area contributed by atoms with E-state index in [0.29, 0.717) is 6.04 Å². The highest BCUT2D eigenvalue weighted by molar-refractivity contribution is 6.30. The van der Waals surface area contributed by atoms with Crippen molar-refractivity contribution in [2.75, 3.05) is 5.32 Å². The molecule has 1 aromatic carbocycles. The number of fused-ring (bicyclic) bond motifs is 1. The van der Waals surface area contributed by atoms with Crippen LogP contribution in [0.3, 0.4) is 0 Å². The highest BCUT2D eigenvalue weighted by atomic mass is 35.5. The summed E-state index contributed by atoms with van der Waals surface area (Å²) in [5.41, 5.74) is 0.984. The summed E-state index contributed by atoms with van der Waals surface area (Å²) in [6.07, 6.45) is 0.202. The number of ether oxygens (including phenoxy) is 1. The summed E-state index contributed by atoms with van der Waals surface area (Å²) >= 11 is 5.87. The zero-order valence-electron chi connectivity index (χ0n) is 7.67. The van der Waals surface area contributed by atoms with Crippen molar-refractivity contribution in [3.8, 4) is 5.75 Å². The van der Waals surface area contributed by atoms with E-state index in [0.717, 1.165) is 16.5 Å². The maximum absolute atomic E-state index is 5.87. The van der Waals surface area contributed by atoms with Gasteiger partial charge in [0.1, 0.15) is 11.9 Å². The summed E-state index contributed by atoms with van der Waals surface area (Å²) in [5, 5.41) is 4.07. The van der Waals surface area contributed by atoms with Crippen molar-refractivity contribution in [2.24, 2.45) is 0 Å². The lowest BCUT2D eigenvalue weighted by Gasteiger charge is -2.30. The molecule has 0 aliphatic carbocycles. The molecule has 0 bridgehead atoms. The van der Waals surface area contributed by atoms with Crippen LogP contribution in [-0.2, 0) is 0 Å². The fourth-order valence-corrected chi connectivity index (χ4v) is 1.55. The molecule has 0 aromatic heterocycles. The Hall–Kier alpha value is -0.890. The van der Waals surface area contributed by atoms with E-state index in [2.05, 4.69) is 19.2 Å². The van der Waals surface area contributed by atoms with Gasteiger partial charge in [0, 0.05) is 5.02 Å². The lowest BCUT2D eigenvalue weighted by atomic mass is 10.1. The molecule has 1 aliphatic heterocycles. The van der Waals surface area contributed by atoms with Gasteiger partial charge in [0.05, 0.1) is 11.7 Å². The van der Waals surface area contributed by atoms with E-state index < -0.39 is 0 Å². The summed E-state index contributed by atoms with van der Waals surface area (Å²) < 4.78 is 5.68. The second kappa shape index (κ2) is 3.11. The molecule has 2 unspecified atom stereocenters. The molecule has 2 rings (SSSR count). The molecule has 1 heterocycles. The maximum atomic E-state index is 5.87. The first-order valence-corrected chi connectivity index (χ1v) is 4.77. The fraction of sp³-hybridized carbons (Fsp3) is 0.400. The molecule has 70 valence electrons. The van der Waals surface area contributed by atoms with Gasteiger partial charge in [-0.15, -0.1) is 0 Å². The summed E-state index contributed by atoms with van der Waals surface area (Å²) in [6, 6.07) is 5.95. The maximum Gasteiger partial charge on any atom is 0.143 e. The van der Waals surface area contributed by atoms with Crippen LogP contribution in [0.25, 0.3) is 0 Å². The van der Waals surface area contributed by atoms with Crippen LogP contribution in [0.4, 0.5) is 5.69 Å². The minimum atomic E-state index is 0.202. The second-order valence-corrected chi connectivity index (χ2v) is 3.83.